The van der Waals surface area contributed by atoms with Gasteiger partial charge in [-0.1, -0.05) is 25.4 Å². The summed E-state index contributed by atoms with van der Waals surface area (Å²) in [5.74, 6) is 0.232. The van der Waals surface area contributed by atoms with Gasteiger partial charge in [0.1, 0.15) is 5.15 Å². The monoisotopic (exact) mass is 296 g/mol. The summed E-state index contributed by atoms with van der Waals surface area (Å²) in [6.07, 6.45) is 2.51. The molecule has 0 aliphatic carbocycles. The largest absolute Gasteiger partial charge is 0.388 e. The number of aliphatic hydroxyl groups excluding tert-OH is 1. The number of rotatable bonds is 5. The molecule has 1 unspecified atom stereocenters. The molecule has 0 aliphatic rings. The Kier molecular flexibility index (Phi) is 4.50. The summed E-state index contributed by atoms with van der Waals surface area (Å²) in [6.45, 7) is 4.10. The van der Waals surface area contributed by atoms with Crippen LogP contribution in [0.4, 0.5) is 0 Å². The number of aryl methyl sites for hydroxylation is 3. The van der Waals surface area contributed by atoms with E-state index in [0.29, 0.717) is 11.6 Å². The number of nitrogens with zero attached hydrogens (tertiary/aromatic N) is 4. The molecule has 1 N–H and O–H groups in total. The molecule has 1 atom stereocenters. The van der Waals surface area contributed by atoms with Crippen molar-refractivity contribution in [1.29, 1.82) is 0 Å². The van der Waals surface area contributed by atoms with Gasteiger partial charge in [0, 0.05) is 31.5 Å². The maximum absolute atomic E-state index is 10.5. The molecule has 0 saturated heterocycles. The Labute approximate surface area is 124 Å². The summed E-state index contributed by atoms with van der Waals surface area (Å²) in [7, 11) is 3.70. The SMILES string of the molecule is CC(C)c1nn(C)c(Cl)c1C(O)CCc1ccnn1C. The fourth-order valence-corrected chi connectivity index (χ4v) is 2.61. The molecule has 110 valence electrons. The van der Waals surface area contributed by atoms with Gasteiger partial charge in [0.2, 0.25) is 0 Å². The quantitative estimate of drug-likeness (QED) is 0.923. The molecule has 0 amide bonds. The van der Waals surface area contributed by atoms with Gasteiger partial charge in [-0.25, -0.2) is 0 Å². The molecule has 2 aromatic heterocycles. The Hall–Kier alpha value is -1.33. The first-order valence-electron chi connectivity index (χ1n) is 6.79. The highest BCUT2D eigenvalue weighted by molar-refractivity contribution is 6.30. The lowest BCUT2D eigenvalue weighted by atomic mass is 9.99. The normalized spacial score (nSPS) is 13.2. The third-order valence-corrected chi connectivity index (χ3v) is 3.96. The summed E-state index contributed by atoms with van der Waals surface area (Å²) in [4.78, 5) is 0. The van der Waals surface area contributed by atoms with Crippen LogP contribution >= 0.6 is 11.6 Å². The van der Waals surface area contributed by atoms with Gasteiger partial charge in [-0.05, 0) is 24.8 Å². The van der Waals surface area contributed by atoms with Gasteiger partial charge >= 0.3 is 0 Å². The average Bonchev–Trinajstić information content (AvgIpc) is 2.92. The van der Waals surface area contributed by atoms with Gasteiger partial charge in [-0.3, -0.25) is 9.36 Å². The van der Waals surface area contributed by atoms with Crippen molar-refractivity contribution in [2.75, 3.05) is 0 Å². The van der Waals surface area contributed by atoms with Crippen molar-refractivity contribution < 1.29 is 5.11 Å². The third-order valence-electron chi connectivity index (χ3n) is 3.52. The highest BCUT2D eigenvalue weighted by Gasteiger charge is 2.23. The predicted molar refractivity (Wildman–Crippen MR) is 78.8 cm³/mol. The first kappa shape index (κ1) is 15.1. The minimum atomic E-state index is -0.608. The van der Waals surface area contributed by atoms with E-state index < -0.39 is 6.10 Å². The number of aliphatic hydroxyl groups is 1. The van der Waals surface area contributed by atoms with E-state index in [1.54, 1.807) is 17.9 Å². The zero-order chi connectivity index (χ0) is 14.9. The van der Waals surface area contributed by atoms with Gasteiger partial charge in [-0.2, -0.15) is 10.2 Å². The number of hydrogen-bond donors (Lipinski definition) is 1. The first-order chi connectivity index (χ1) is 9.41. The van der Waals surface area contributed by atoms with E-state index >= 15 is 0 Å². The van der Waals surface area contributed by atoms with Crippen molar-refractivity contribution in [3.63, 3.8) is 0 Å². The van der Waals surface area contributed by atoms with E-state index in [2.05, 4.69) is 24.0 Å². The van der Waals surface area contributed by atoms with Crippen LogP contribution in [0.1, 0.15) is 49.2 Å². The highest BCUT2D eigenvalue weighted by atomic mass is 35.5. The van der Waals surface area contributed by atoms with Crippen molar-refractivity contribution in [2.24, 2.45) is 14.1 Å². The Morgan fingerprint density at radius 1 is 1.30 bits per heavy atom. The molecule has 0 radical (unpaired) electrons. The number of halogens is 1. The van der Waals surface area contributed by atoms with Crippen LogP contribution in [0.25, 0.3) is 0 Å². The Morgan fingerprint density at radius 3 is 2.55 bits per heavy atom. The Morgan fingerprint density at radius 2 is 2.00 bits per heavy atom. The van der Waals surface area contributed by atoms with Crippen LogP contribution in [0.2, 0.25) is 5.15 Å². The third kappa shape index (κ3) is 2.88. The molecule has 20 heavy (non-hydrogen) atoms. The maximum Gasteiger partial charge on any atom is 0.132 e. The molecule has 2 rings (SSSR count). The van der Waals surface area contributed by atoms with E-state index in [-0.39, 0.29) is 5.92 Å². The van der Waals surface area contributed by atoms with Crippen LogP contribution in [-0.2, 0) is 20.5 Å². The number of aromatic nitrogens is 4. The lowest BCUT2D eigenvalue weighted by Crippen LogP contribution is -2.06. The van der Waals surface area contributed by atoms with Crippen LogP contribution < -0.4 is 0 Å². The molecule has 6 heteroatoms. The zero-order valence-corrected chi connectivity index (χ0v) is 13.1. The van der Waals surface area contributed by atoms with Crippen LogP contribution in [0.15, 0.2) is 12.3 Å². The number of hydrogen-bond acceptors (Lipinski definition) is 3. The van der Waals surface area contributed by atoms with E-state index in [1.807, 2.05) is 17.8 Å². The Bertz CT molecular complexity index is 588. The molecule has 0 fully saturated rings. The second kappa shape index (κ2) is 5.97. The summed E-state index contributed by atoms with van der Waals surface area (Å²) in [5.41, 5.74) is 2.72. The van der Waals surface area contributed by atoms with Crippen LogP contribution in [0, 0.1) is 0 Å². The van der Waals surface area contributed by atoms with Gasteiger partial charge in [0.15, 0.2) is 0 Å². The van der Waals surface area contributed by atoms with Crippen molar-refractivity contribution >= 4 is 11.6 Å². The fourth-order valence-electron chi connectivity index (χ4n) is 2.35. The second-order valence-electron chi connectivity index (χ2n) is 5.37. The molecule has 2 heterocycles. The lowest BCUT2D eigenvalue weighted by Gasteiger charge is -2.13. The van der Waals surface area contributed by atoms with E-state index in [4.69, 9.17) is 11.6 Å². The van der Waals surface area contributed by atoms with Crippen molar-refractivity contribution in [3.05, 3.63) is 34.4 Å². The summed E-state index contributed by atoms with van der Waals surface area (Å²) >= 11 is 6.27. The van der Waals surface area contributed by atoms with E-state index in [0.717, 1.165) is 23.4 Å². The van der Waals surface area contributed by atoms with Gasteiger partial charge in [0.05, 0.1) is 11.8 Å². The van der Waals surface area contributed by atoms with Crippen LogP contribution in [-0.4, -0.2) is 24.7 Å². The molecule has 0 spiro atoms. The zero-order valence-electron chi connectivity index (χ0n) is 12.3. The molecule has 5 nitrogen and oxygen atoms in total. The topological polar surface area (TPSA) is 55.9 Å². The fraction of sp³-hybridized carbons (Fsp3) is 0.571. The minimum Gasteiger partial charge on any atom is -0.388 e. The van der Waals surface area contributed by atoms with Gasteiger partial charge in [0.25, 0.3) is 0 Å². The van der Waals surface area contributed by atoms with Crippen molar-refractivity contribution in [2.45, 2.75) is 38.7 Å². The average molecular weight is 297 g/mol. The molecular formula is C14H21ClN4O. The summed E-state index contributed by atoms with van der Waals surface area (Å²) < 4.78 is 3.44. The van der Waals surface area contributed by atoms with Gasteiger partial charge in [-0.15, -0.1) is 0 Å². The first-order valence-corrected chi connectivity index (χ1v) is 7.16. The van der Waals surface area contributed by atoms with Crippen LogP contribution in [0.5, 0.6) is 0 Å². The predicted octanol–water partition coefficient (Wildman–Crippen LogP) is 2.60. The molecule has 0 bridgehead atoms. The summed E-state index contributed by atoms with van der Waals surface area (Å²) in [6, 6.07) is 1.96. The molecule has 2 aromatic rings. The molecule has 0 aliphatic heterocycles. The minimum absolute atomic E-state index is 0.232. The van der Waals surface area contributed by atoms with Crippen LogP contribution in [0.3, 0.4) is 0 Å². The summed E-state index contributed by atoms with van der Waals surface area (Å²) in [5, 5.41) is 19.5. The standard InChI is InChI=1S/C14H21ClN4O/c1-9(2)13-12(14(15)19(4)17-13)11(20)6-5-10-7-8-16-18(10)3/h7-9,11,20H,5-6H2,1-4H3. The maximum atomic E-state index is 10.5. The molecule has 0 aromatic carbocycles. The smallest absolute Gasteiger partial charge is 0.132 e. The van der Waals surface area contributed by atoms with E-state index in [1.165, 1.54) is 0 Å². The van der Waals surface area contributed by atoms with Gasteiger partial charge < -0.3 is 5.11 Å². The second-order valence-corrected chi connectivity index (χ2v) is 5.73. The van der Waals surface area contributed by atoms with Crippen molar-refractivity contribution in [3.8, 4) is 0 Å². The Balaban J connectivity index is 2.17. The highest BCUT2D eigenvalue weighted by Crippen LogP contribution is 2.32. The lowest BCUT2D eigenvalue weighted by molar-refractivity contribution is 0.165. The molecular weight excluding hydrogens is 276 g/mol. The van der Waals surface area contributed by atoms with E-state index in [9.17, 15) is 5.11 Å². The van der Waals surface area contributed by atoms with Crippen molar-refractivity contribution in [1.82, 2.24) is 19.6 Å². The molecule has 0 saturated carbocycles.